The third kappa shape index (κ3) is 4.95. The smallest absolute Gasteiger partial charge is 0.234 e. The second-order valence-corrected chi connectivity index (χ2v) is 8.75. The van der Waals surface area contributed by atoms with Crippen LogP contribution in [0.1, 0.15) is 0 Å². The number of carbonyl (C=O) groups is 1. The number of imidazole rings is 1. The summed E-state index contributed by atoms with van der Waals surface area (Å²) < 4.78 is 3.03. The zero-order valence-corrected chi connectivity index (χ0v) is 18.9. The van der Waals surface area contributed by atoms with Gasteiger partial charge < -0.3 is 5.32 Å². The zero-order valence-electron chi connectivity index (χ0n) is 15.8. The van der Waals surface area contributed by atoms with Crippen molar-refractivity contribution in [2.45, 2.75) is 5.16 Å². The van der Waals surface area contributed by atoms with Crippen molar-refractivity contribution in [1.29, 1.82) is 0 Å². The SMILES string of the molecule is O=C(CSc1ncc(-c2ccc(Br)cc2)n1-c1cccc(Cl)c1)Nc1ccccc1. The number of para-hydroxylation sites is 1. The third-order valence-corrected chi connectivity index (χ3v) is 6.04. The van der Waals surface area contributed by atoms with Crippen LogP contribution in [0.25, 0.3) is 16.9 Å². The van der Waals surface area contributed by atoms with Crippen molar-refractivity contribution in [3.8, 4) is 16.9 Å². The van der Waals surface area contributed by atoms with Crippen molar-refractivity contribution < 1.29 is 4.79 Å². The molecule has 0 aliphatic rings. The van der Waals surface area contributed by atoms with E-state index in [2.05, 4.69) is 26.2 Å². The van der Waals surface area contributed by atoms with Gasteiger partial charge in [0.25, 0.3) is 0 Å². The molecule has 0 aliphatic carbocycles. The van der Waals surface area contributed by atoms with Gasteiger partial charge >= 0.3 is 0 Å². The molecule has 1 aromatic heterocycles. The molecule has 0 radical (unpaired) electrons. The standard InChI is InChI=1S/C23H17BrClN3OS/c24-17-11-9-16(10-12-17)21-14-26-23(28(21)20-8-4-5-18(25)13-20)30-15-22(29)27-19-6-2-1-3-7-19/h1-14H,15H2,(H,27,29). The van der Waals surface area contributed by atoms with Gasteiger partial charge in [-0.3, -0.25) is 9.36 Å². The lowest BCUT2D eigenvalue weighted by atomic mass is 10.1. The van der Waals surface area contributed by atoms with Gasteiger partial charge in [0.2, 0.25) is 5.91 Å². The van der Waals surface area contributed by atoms with Crippen LogP contribution < -0.4 is 5.32 Å². The van der Waals surface area contributed by atoms with Gasteiger partial charge in [-0.25, -0.2) is 4.98 Å². The van der Waals surface area contributed by atoms with Crippen molar-refractivity contribution in [3.63, 3.8) is 0 Å². The minimum Gasteiger partial charge on any atom is -0.325 e. The Morgan fingerprint density at radius 3 is 2.53 bits per heavy atom. The average Bonchev–Trinajstić information content (AvgIpc) is 3.17. The first-order valence-electron chi connectivity index (χ1n) is 9.17. The van der Waals surface area contributed by atoms with Gasteiger partial charge in [-0.05, 0) is 42.5 Å². The number of nitrogens with one attached hydrogen (secondary N) is 1. The molecule has 0 spiro atoms. The fourth-order valence-corrected chi connectivity index (χ4v) is 4.22. The van der Waals surface area contributed by atoms with Gasteiger partial charge in [0, 0.05) is 26.4 Å². The second-order valence-electron chi connectivity index (χ2n) is 6.45. The summed E-state index contributed by atoms with van der Waals surface area (Å²) in [4.78, 5) is 17.0. The summed E-state index contributed by atoms with van der Waals surface area (Å²) in [6.45, 7) is 0. The molecule has 7 heteroatoms. The summed E-state index contributed by atoms with van der Waals surface area (Å²) in [5.41, 5.74) is 3.61. The molecule has 0 fully saturated rings. The minimum absolute atomic E-state index is 0.0861. The predicted molar refractivity (Wildman–Crippen MR) is 128 cm³/mol. The number of hydrogen-bond donors (Lipinski definition) is 1. The lowest BCUT2D eigenvalue weighted by molar-refractivity contribution is -0.113. The highest BCUT2D eigenvalue weighted by Gasteiger charge is 2.16. The predicted octanol–water partition coefficient (Wildman–Crippen LogP) is 6.69. The molecule has 1 N–H and O–H groups in total. The normalized spacial score (nSPS) is 10.7. The second kappa shape index (κ2) is 9.51. The molecule has 150 valence electrons. The Morgan fingerprint density at radius 1 is 1.03 bits per heavy atom. The number of anilines is 1. The first-order valence-corrected chi connectivity index (χ1v) is 11.3. The van der Waals surface area contributed by atoms with Crippen molar-refractivity contribution >= 4 is 50.9 Å². The van der Waals surface area contributed by atoms with Gasteiger partial charge in [0.1, 0.15) is 0 Å². The Morgan fingerprint density at radius 2 is 1.80 bits per heavy atom. The number of halogens is 2. The maximum absolute atomic E-state index is 12.4. The molecule has 0 saturated heterocycles. The highest BCUT2D eigenvalue weighted by Crippen LogP contribution is 2.31. The quantitative estimate of drug-likeness (QED) is 0.301. The summed E-state index contributed by atoms with van der Waals surface area (Å²) in [7, 11) is 0. The molecule has 3 aromatic carbocycles. The van der Waals surface area contributed by atoms with E-state index in [0.29, 0.717) is 5.02 Å². The summed E-state index contributed by atoms with van der Waals surface area (Å²) >= 11 is 11.1. The minimum atomic E-state index is -0.0861. The summed E-state index contributed by atoms with van der Waals surface area (Å²) in [6, 6.07) is 25.0. The molecule has 1 amide bonds. The Balaban J connectivity index is 1.62. The molecule has 4 nitrogen and oxygen atoms in total. The van der Waals surface area contributed by atoms with Crippen LogP contribution >= 0.6 is 39.3 Å². The highest BCUT2D eigenvalue weighted by molar-refractivity contribution is 9.10. The number of nitrogens with zero attached hydrogens (tertiary/aromatic N) is 2. The van der Waals surface area contributed by atoms with Gasteiger partial charge in [-0.15, -0.1) is 0 Å². The monoisotopic (exact) mass is 497 g/mol. The Kier molecular flexibility index (Phi) is 6.57. The average molecular weight is 499 g/mol. The van der Waals surface area contributed by atoms with E-state index < -0.39 is 0 Å². The molecular formula is C23H17BrClN3OS. The van der Waals surface area contributed by atoms with E-state index in [9.17, 15) is 4.79 Å². The number of hydrogen-bond acceptors (Lipinski definition) is 3. The van der Waals surface area contributed by atoms with Crippen LogP contribution in [0, 0.1) is 0 Å². The van der Waals surface area contributed by atoms with E-state index >= 15 is 0 Å². The van der Waals surface area contributed by atoms with E-state index in [1.165, 1.54) is 11.8 Å². The number of aromatic nitrogens is 2. The molecular weight excluding hydrogens is 482 g/mol. The molecule has 30 heavy (non-hydrogen) atoms. The number of rotatable bonds is 6. The van der Waals surface area contributed by atoms with Crippen LogP contribution in [-0.4, -0.2) is 21.2 Å². The van der Waals surface area contributed by atoms with Crippen LogP contribution in [0.4, 0.5) is 5.69 Å². The molecule has 0 atom stereocenters. The van der Waals surface area contributed by atoms with Gasteiger partial charge in [0.05, 0.1) is 17.6 Å². The number of carbonyl (C=O) groups excluding carboxylic acids is 1. The van der Waals surface area contributed by atoms with Crippen molar-refractivity contribution in [1.82, 2.24) is 9.55 Å². The number of amides is 1. The van der Waals surface area contributed by atoms with Gasteiger partial charge in [0.15, 0.2) is 5.16 Å². The molecule has 0 bridgehead atoms. The van der Waals surface area contributed by atoms with Crippen LogP contribution in [0.3, 0.4) is 0 Å². The lowest BCUT2D eigenvalue weighted by Gasteiger charge is -2.13. The number of thioether (sulfide) groups is 1. The summed E-state index contributed by atoms with van der Waals surface area (Å²) in [5.74, 6) is 0.156. The number of benzene rings is 3. The molecule has 4 rings (SSSR count). The van der Waals surface area contributed by atoms with Crippen molar-refractivity contribution in [2.75, 3.05) is 11.1 Å². The van der Waals surface area contributed by atoms with Crippen LogP contribution in [-0.2, 0) is 4.79 Å². The first-order chi connectivity index (χ1) is 14.6. The van der Waals surface area contributed by atoms with Crippen LogP contribution in [0.15, 0.2) is 94.7 Å². The van der Waals surface area contributed by atoms with E-state index in [-0.39, 0.29) is 11.7 Å². The topological polar surface area (TPSA) is 46.9 Å². The van der Waals surface area contributed by atoms with Crippen LogP contribution in [0.2, 0.25) is 5.02 Å². The van der Waals surface area contributed by atoms with Crippen molar-refractivity contribution in [3.05, 3.63) is 94.6 Å². The van der Waals surface area contributed by atoms with E-state index in [1.807, 2.05) is 89.6 Å². The van der Waals surface area contributed by atoms with Gasteiger partial charge in [-0.2, -0.15) is 0 Å². The largest absolute Gasteiger partial charge is 0.325 e. The third-order valence-electron chi connectivity index (χ3n) is 4.33. The fraction of sp³-hybridized carbons (Fsp3) is 0.0435. The fourth-order valence-electron chi connectivity index (χ4n) is 2.97. The van der Waals surface area contributed by atoms with Crippen LogP contribution in [0.5, 0.6) is 0 Å². The first kappa shape index (κ1) is 20.7. The maximum Gasteiger partial charge on any atom is 0.234 e. The van der Waals surface area contributed by atoms with E-state index in [0.717, 1.165) is 32.3 Å². The van der Waals surface area contributed by atoms with Crippen molar-refractivity contribution in [2.24, 2.45) is 0 Å². The highest BCUT2D eigenvalue weighted by atomic mass is 79.9. The molecule has 0 saturated carbocycles. The van der Waals surface area contributed by atoms with E-state index in [1.54, 1.807) is 0 Å². The zero-order chi connectivity index (χ0) is 20.9. The maximum atomic E-state index is 12.4. The summed E-state index contributed by atoms with van der Waals surface area (Å²) in [5, 5.41) is 4.26. The lowest BCUT2D eigenvalue weighted by Crippen LogP contribution is -2.14. The Bertz CT molecular complexity index is 1160. The van der Waals surface area contributed by atoms with E-state index in [4.69, 9.17) is 11.6 Å². The summed E-state index contributed by atoms with van der Waals surface area (Å²) in [6.07, 6.45) is 1.82. The van der Waals surface area contributed by atoms with Gasteiger partial charge in [-0.1, -0.05) is 75.7 Å². The molecule has 0 aliphatic heterocycles. The molecule has 0 unspecified atom stereocenters. The molecule has 4 aromatic rings. The Hall–Kier alpha value is -2.54. The molecule has 1 heterocycles. The Labute approximate surface area is 192 Å².